The molecule has 2 heterocycles. The maximum absolute atomic E-state index is 12.9. The van der Waals surface area contributed by atoms with Gasteiger partial charge in [-0.05, 0) is 54.8 Å². The molecule has 0 radical (unpaired) electrons. The first-order valence-corrected chi connectivity index (χ1v) is 9.49. The average Bonchev–Trinajstić information content (AvgIpc) is 3.18. The van der Waals surface area contributed by atoms with Gasteiger partial charge in [0, 0.05) is 24.7 Å². The van der Waals surface area contributed by atoms with Crippen LogP contribution in [0.5, 0.6) is 0 Å². The quantitative estimate of drug-likeness (QED) is 0.713. The third-order valence-corrected chi connectivity index (χ3v) is 5.24. The van der Waals surface area contributed by atoms with E-state index in [1.54, 1.807) is 6.20 Å². The van der Waals surface area contributed by atoms with Crippen molar-refractivity contribution < 1.29 is 4.79 Å². The van der Waals surface area contributed by atoms with Crippen LogP contribution >= 0.6 is 0 Å². The molecule has 1 aliphatic rings. The van der Waals surface area contributed by atoms with Crippen LogP contribution in [0.25, 0.3) is 21.7 Å². The Labute approximate surface area is 154 Å². The van der Waals surface area contributed by atoms with Gasteiger partial charge in [0.1, 0.15) is 0 Å². The van der Waals surface area contributed by atoms with Gasteiger partial charge in [0.2, 0.25) is 0 Å². The van der Waals surface area contributed by atoms with Crippen molar-refractivity contribution >= 4 is 27.6 Å². The molecular formula is C22H25N3O. The van der Waals surface area contributed by atoms with Gasteiger partial charge in [-0.25, -0.2) is 0 Å². The second-order valence-electron chi connectivity index (χ2n) is 7.37. The van der Waals surface area contributed by atoms with Crippen LogP contribution in [0.1, 0.15) is 30.1 Å². The summed E-state index contributed by atoms with van der Waals surface area (Å²) in [5, 5.41) is 6.36. The zero-order valence-corrected chi connectivity index (χ0v) is 15.2. The Morgan fingerprint density at radius 3 is 2.77 bits per heavy atom. The number of nitrogens with zero attached hydrogens (tertiary/aromatic N) is 2. The topological polar surface area (TPSA) is 45.2 Å². The predicted octanol–water partition coefficient (Wildman–Crippen LogP) is 3.85. The number of carbonyl (C=O) groups excluding carboxylic acids is 1. The maximum atomic E-state index is 12.9. The number of hydrogen-bond donors (Lipinski definition) is 1. The summed E-state index contributed by atoms with van der Waals surface area (Å²) in [5.74, 6) is 0.407. The number of fused-ring (bicyclic) bond motifs is 3. The van der Waals surface area contributed by atoms with Crippen LogP contribution in [0.15, 0.2) is 48.7 Å². The number of rotatable bonds is 5. The monoisotopic (exact) mass is 347 g/mol. The highest BCUT2D eigenvalue weighted by Gasteiger charge is 2.17. The molecule has 4 heteroatoms. The highest BCUT2D eigenvalue weighted by atomic mass is 16.1. The molecule has 0 bridgehead atoms. The van der Waals surface area contributed by atoms with Gasteiger partial charge in [-0.15, -0.1) is 0 Å². The fraction of sp³-hybridized carbons (Fsp3) is 0.364. The minimum atomic E-state index is -0.0345. The van der Waals surface area contributed by atoms with E-state index in [0.717, 1.165) is 28.2 Å². The summed E-state index contributed by atoms with van der Waals surface area (Å²) >= 11 is 0. The van der Waals surface area contributed by atoms with Gasteiger partial charge in [0.05, 0.1) is 11.1 Å². The molecule has 4 rings (SSSR count). The summed E-state index contributed by atoms with van der Waals surface area (Å²) in [5.41, 5.74) is 1.43. The lowest BCUT2D eigenvalue weighted by Gasteiger charge is -2.20. The van der Waals surface area contributed by atoms with E-state index < -0.39 is 0 Å². The Morgan fingerprint density at radius 1 is 1.15 bits per heavy atom. The Kier molecular flexibility index (Phi) is 4.85. The zero-order valence-electron chi connectivity index (χ0n) is 15.2. The van der Waals surface area contributed by atoms with Gasteiger partial charge in [-0.2, -0.15) is 0 Å². The van der Waals surface area contributed by atoms with Gasteiger partial charge in [-0.3, -0.25) is 9.78 Å². The molecule has 1 aliphatic heterocycles. The van der Waals surface area contributed by atoms with Crippen LogP contribution in [0.3, 0.4) is 0 Å². The minimum absolute atomic E-state index is 0.0345. The molecule has 1 N–H and O–H groups in total. The molecule has 4 nitrogen and oxygen atoms in total. The Hall–Kier alpha value is -2.46. The molecule has 0 aliphatic carbocycles. The number of hydrogen-bond acceptors (Lipinski definition) is 3. The molecule has 2 aromatic carbocycles. The average molecular weight is 347 g/mol. The molecule has 1 aromatic heterocycles. The first kappa shape index (κ1) is 17.0. The molecule has 134 valence electrons. The second-order valence-corrected chi connectivity index (χ2v) is 7.37. The fourth-order valence-corrected chi connectivity index (χ4v) is 3.94. The van der Waals surface area contributed by atoms with Crippen LogP contribution < -0.4 is 5.32 Å². The third kappa shape index (κ3) is 3.42. The third-order valence-electron chi connectivity index (χ3n) is 5.24. The number of benzene rings is 2. The summed E-state index contributed by atoms with van der Waals surface area (Å²) < 4.78 is 0. The molecule has 0 spiro atoms. The standard InChI is InChI=1S/C22H25N3O/c1-16(15-25-11-4-5-12-25)14-24-22(26)20-13-17-7-2-3-8-18(17)19-9-6-10-23-21(19)20/h2-3,6-10,13,16H,4-5,11-12,14-15H2,1H3,(H,24,26). The first-order valence-electron chi connectivity index (χ1n) is 9.49. The Bertz CT molecular complexity index is 931. The molecule has 1 atom stereocenters. The van der Waals surface area contributed by atoms with E-state index in [2.05, 4.69) is 34.3 Å². The summed E-state index contributed by atoms with van der Waals surface area (Å²) in [6.45, 7) is 6.33. The lowest BCUT2D eigenvalue weighted by molar-refractivity contribution is 0.0946. The highest BCUT2D eigenvalue weighted by molar-refractivity contribution is 6.15. The van der Waals surface area contributed by atoms with Crippen LogP contribution in [-0.2, 0) is 0 Å². The van der Waals surface area contributed by atoms with Crippen LogP contribution in [0.4, 0.5) is 0 Å². The number of amides is 1. The summed E-state index contributed by atoms with van der Waals surface area (Å²) in [6.07, 6.45) is 4.35. The molecule has 1 saturated heterocycles. The van der Waals surface area contributed by atoms with E-state index in [9.17, 15) is 4.79 Å². The van der Waals surface area contributed by atoms with Crippen molar-refractivity contribution in [2.24, 2.45) is 5.92 Å². The van der Waals surface area contributed by atoms with Crippen molar-refractivity contribution in [3.05, 3.63) is 54.2 Å². The SMILES string of the molecule is CC(CNC(=O)c1cc2ccccc2c2cccnc12)CN1CCCC1. The van der Waals surface area contributed by atoms with E-state index >= 15 is 0 Å². The van der Waals surface area contributed by atoms with E-state index in [4.69, 9.17) is 0 Å². The molecule has 1 amide bonds. The summed E-state index contributed by atoms with van der Waals surface area (Å²) in [7, 11) is 0. The number of aromatic nitrogens is 1. The van der Waals surface area contributed by atoms with Gasteiger partial charge in [-0.1, -0.05) is 37.3 Å². The number of carbonyl (C=O) groups is 1. The molecule has 1 unspecified atom stereocenters. The number of pyridine rings is 1. The van der Waals surface area contributed by atoms with Crippen molar-refractivity contribution in [3.63, 3.8) is 0 Å². The second kappa shape index (κ2) is 7.42. The van der Waals surface area contributed by atoms with Gasteiger partial charge >= 0.3 is 0 Å². The smallest absolute Gasteiger partial charge is 0.253 e. The maximum Gasteiger partial charge on any atom is 0.253 e. The van der Waals surface area contributed by atoms with Crippen molar-refractivity contribution in [2.75, 3.05) is 26.2 Å². The lowest BCUT2D eigenvalue weighted by atomic mass is 10.00. The van der Waals surface area contributed by atoms with Crippen LogP contribution in [-0.4, -0.2) is 42.0 Å². The fourth-order valence-electron chi connectivity index (χ4n) is 3.94. The van der Waals surface area contributed by atoms with Crippen molar-refractivity contribution in [3.8, 4) is 0 Å². The van der Waals surface area contributed by atoms with Gasteiger partial charge in [0.25, 0.3) is 5.91 Å². The van der Waals surface area contributed by atoms with Crippen molar-refractivity contribution in [2.45, 2.75) is 19.8 Å². The van der Waals surface area contributed by atoms with E-state index in [0.29, 0.717) is 18.0 Å². The predicted molar refractivity (Wildman–Crippen MR) is 106 cm³/mol. The number of likely N-dealkylation sites (tertiary alicyclic amines) is 1. The Balaban J connectivity index is 1.55. The van der Waals surface area contributed by atoms with E-state index in [1.165, 1.54) is 25.9 Å². The van der Waals surface area contributed by atoms with Crippen LogP contribution in [0, 0.1) is 5.92 Å². The van der Waals surface area contributed by atoms with Crippen molar-refractivity contribution in [1.29, 1.82) is 0 Å². The molecular weight excluding hydrogens is 322 g/mol. The van der Waals surface area contributed by atoms with E-state index in [-0.39, 0.29) is 5.91 Å². The number of nitrogens with one attached hydrogen (secondary N) is 1. The summed E-state index contributed by atoms with van der Waals surface area (Å²) in [4.78, 5) is 19.9. The van der Waals surface area contributed by atoms with E-state index in [1.807, 2.05) is 30.3 Å². The molecule has 1 fully saturated rings. The first-order chi connectivity index (χ1) is 12.7. The molecule has 26 heavy (non-hydrogen) atoms. The molecule has 0 saturated carbocycles. The zero-order chi connectivity index (χ0) is 17.9. The van der Waals surface area contributed by atoms with Gasteiger partial charge < -0.3 is 10.2 Å². The molecule has 3 aromatic rings. The van der Waals surface area contributed by atoms with Gasteiger partial charge in [0.15, 0.2) is 0 Å². The normalized spacial score (nSPS) is 16.2. The minimum Gasteiger partial charge on any atom is -0.352 e. The lowest BCUT2D eigenvalue weighted by Crippen LogP contribution is -2.34. The van der Waals surface area contributed by atoms with Crippen LogP contribution in [0.2, 0.25) is 0 Å². The summed E-state index contributed by atoms with van der Waals surface area (Å²) in [6, 6.07) is 14.1. The Morgan fingerprint density at radius 2 is 1.92 bits per heavy atom. The van der Waals surface area contributed by atoms with Crippen molar-refractivity contribution in [1.82, 2.24) is 15.2 Å². The highest BCUT2D eigenvalue weighted by Crippen LogP contribution is 2.27. The largest absolute Gasteiger partial charge is 0.352 e.